The lowest BCUT2D eigenvalue weighted by atomic mass is 10.0. The molecular weight excluding hydrogens is 264 g/mol. The van der Waals surface area contributed by atoms with Crippen LogP contribution in [0, 0.1) is 5.92 Å². The van der Waals surface area contributed by atoms with Gasteiger partial charge in [-0.15, -0.1) is 0 Å². The number of fused-ring (bicyclic) bond motifs is 1. The molecule has 1 aliphatic rings. The minimum atomic E-state index is 0.781. The van der Waals surface area contributed by atoms with Gasteiger partial charge in [0.2, 0.25) is 0 Å². The molecule has 0 spiro atoms. The number of benzene rings is 1. The van der Waals surface area contributed by atoms with E-state index in [1.54, 1.807) is 11.3 Å². The van der Waals surface area contributed by atoms with Gasteiger partial charge < -0.3 is 5.32 Å². The standard InChI is InChI=1S/C14H17ClN2S/c15-11-5-6-12-13(9-11)18-14(17-12)16-8-7-10-3-1-2-4-10/h5-6,9-10H,1-4,7-8H2,(H,16,17). The largest absolute Gasteiger partial charge is 0.361 e. The van der Waals surface area contributed by atoms with Crippen molar-refractivity contribution in [2.45, 2.75) is 32.1 Å². The van der Waals surface area contributed by atoms with Crippen molar-refractivity contribution in [2.24, 2.45) is 5.92 Å². The van der Waals surface area contributed by atoms with Gasteiger partial charge in [0, 0.05) is 11.6 Å². The quantitative estimate of drug-likeness (QED) is 0.858. The van der Waals surface area contributed by atoms with E-state index in [-0.39, 0.29) is 0 Å². The van der Waals surface area contributed by atoms with E-state index in [9.17, 15) is 0 Å². The van der Waals surface area contributed by atoms with E-state index in [0.29, 0.717) is 0 Å². The molecule has 1 fully saturated rings. The van der Waals surface area contributed by atoms with Crippen LogP contribution in [0.2, 0.25) is 5.02 Å². The maximum absolute atomic E-state index is 5.98. The first-order valence-corrected chi connectivity index (χ1v) is 7.81. The summed E-state index contributed by atoms with van der Waals surface area (Å²) in [7, 11) is 0. The highest BCUT2D eigenvalue weighted by atomic mass is 35.5. The minimum absolute atomic E-state index is 0.781. The Morgan fingerprint density at radius 2 is 2.17 bits per heavy atom. The number of thiazole rings is 1. The third-order valence-electron chi connectivity index (χ3n) is 3.65. The summed E-state index contributed by atoms with van der Waals surface area (Å²) in [5.41, 5.74) is 1.03. The van der Waals surface area contributed by atoms with Crippen LogP contribution in [0.5, 0.6) is 0 Å². The molecule has 3 rings (SSSR count). The second kappa shape index (κ2) is 5.45. The Bertz CT molecular complexity index is 532. The van der Waals surface area contributed by atoms with E-state index in [1.807, 2.05) is 18.2 Å². The molecule has 0 amide bonds. The van der Waals surface area contributed by atoms with Crippen molar-refractivity contribution in [3.8, 4) is 0 Å². The highest BCUT2D eigenvalue weighted by Gasteiger charge is 2.14. The maximum Gasteiger partial charge on any atom is 0.183 e. The zero-order chi connectivity index (χ0) is 12.4. The lowest BCUT2D eigenvalue weighted by molar-refractivity contribution is 0.518. The monoisotopic (exact) mass is 280 g/mol. The van der Waals surface area contributed by atoms with Gasteiger partial charge in [0.15, 0.2) is 5.13 Å². The van der Waals surface area contributed by atoms with Gasteiger partial charge in [-0.05, 0) is 30.5 Å². The average Bonchev–Trinajstić information content (AvgIpc) is 2.97. The number of rotatable bonds is 4. The third kappa shape index (κ3) is 2.78. The Balaban J connectivity index is 1.60. The molecule has 1 heterocycles. The molecule has 0 atom stereocenters. The van der Waals surface area contributed by atoms with Gasteiger partial charge in [0.1, 0.15) is 0 Å². The average molecular weight is 281 g/mol. The van der Waals surface area contributed by atoms with E-state index < -0.39 is 0 Å². The number of hydrogen-bond acceptors (Lipinski definition) is 3. The van der Waals surface area contributed by atoms with Gasteiger partial charge in [0.05, 0.1) is 10.2 Å². The molecule has 0 saturated heterocycles. The topological polar surface area (TPSA) is 24.9 Å². The molecule has 1 aromatic heterocycles. The van der Waals surface area contributed by atoms with Gasteiger partial charge in [-0.1, -0.05) is 48.6 Å². The Morgan fingerprint density at radius 1 is 1.33 bits per heavy atom. The SMILES string of the molecule is Clc1ccc2nc(NCCC3CCCC3)sc2c1. The van der Waals surface area contributed by atoms with Crippen LogP contribution in [0.15, 0.2) is 18.2 Å². The zero-order valence-corrected chi connectivity index (χ0v) is 11.9. The summed E-state index contributed by atoms with van der Waals surface area (Å²) in [5.74, 6) is 0.932. The van der Waals surface area contributed by atoms with Crippen molar-refractivity contribution in [1.82, 2.24) is 4.98 Å². The molecule has 0 unspecified atom stereocenters. The van der Waals surface area contributed by atoms with E-state index in [4.69, 9.17) is 11.6 Å². The molecule has 4 heteroatoms. The van der Waals surface area contributed by atoms with E-state index in [1.165, 1.54) is 32.1 Å². The highest BCUT2D eigenvalue weighted by Crippen LogP contribution is 2.30. The fourth-order valence-electron chi connectivity index (χ4n) is 2.66. The first-order chi connectivity index (χ1) is 8.81. The van der Waals surface area contributed by atoms with Gasteiger partial charge in [0.25, 0.3) is 0 Å². The second-order valence-corrected chi connectivity index (χ2v) is 6.46. The summed E-state index contributed by atoms with van der Waals surface area (Å²) in [4.78, 5) is 4.57. The van der Waals surface area contributed by atoms with Crippen molar-refractivity contribution in [3.63, 3.8) is 0 Å². The molecule has 0 radical (unpaired) electrons. The maximum atomic E-state index is 5.98. The van der Waals surface area contributed by atoms with Crippen LogP contribution in [-0.4, -0.2) is 11.5 Å². The number of nitrogens with one attached hydrogen (secondary N) is 1. The number of halogens is 1. The van der Waals surface area contributed by atoms with Crippen molar-refractivity contribution in [1.29, 1.82) is 0 Å². The van der Waals surface area contributed by atoms with Gasteiger partial charge in [-0.3, -0.25) is 0 Å². The fourth-order valence-corrected chi connectivity index (χ4v) is 3.82. The molecule has 0 bridgehead atoms. The highest BCUT2D eigenvalue weighted by molar-refractivity contribution is 7.22. The molecule has 2 nitrogen and oxygen atoms in total. The summed E-state index contributed by atoms with van der Waals surface area (Å²) in [6.45, 7) is 1.04. The molecule has 1 N–H and O–H groups in total. The zero-order valence-electron chi connectivity index (χ0n) is 10.3. The number of anilines is 1. The van der Waals surface area contributed by atoms with Crippen LogP contribution in [0.3, 0.4) is 0 Å². The van der Waals surface area contributed by atoms with Crippen molar-refractivity contribution in [3.05, 3.63) is 23.2 Å². The Labute approximate surface area is 116 Å². The smallest absolute Gasteiger partial charge is 0.183 e. The Hall–Kier alpha value is -0.800. The van der Waals surface area contributed by atoms with E-state index in [2.05, 4.69) is 10.3 Å². The summed E-state index contributed by atoms with van der Waals surface area (Å²) in [6, 6.07) is 5.86. The van der Waals surface area contributed by atoms with Gasteiger partial charge >= 0.3 is 0 Å². The van der Waals surface area contributed by atoms with Gasteiger partial charge in [-0.2, -0.15) is 0 Å². The molecule has 18 heavy (non-hydrogen) atoms. The molecule has 96 valence electrons. The number of hydrogen-bond donors (Lipinski definition) is 1. The van der Waals surface area contributed by atoms with Crippen LogP contribution in [0.4, 0.5) is 5.13 Å². The molecule has 1 saturated carbocycles. The van der Waals surface area contributed by atoms with Crippen molar-refractivity contribution < 1.29 is 0 Å². The summed E-state index contributed by atoms with van der Waals surface area (Å²) in [6.07, 6.45) is 6.94. The number of aromatic nitrogens is 1. The Morgan fingerprint density at radius 3 is 3.00 bits per heavy atom. The van der Waals surface area contributed by atoms with E-state index >= 15 is 0 Å². The molecule has 1 aromatic carbocycles. The molecule has 0 aliphatic heterocycles. The minimum Gasteiger partial charge on any atom is -0.361 e. The third-order valence-corrected chi connectivity index (χ3v) is 4.87. The fraction of sp³-hybridized carbons (Fsp3) is 0.500. The lowest BCUT2D eigenvalue weighted by Crippen LogP contribution is -2.06. The van der Waals surface area contributed by atoms with E-state index in [0.717, 1.165) is 32.8 Å². The first-order valence-electron chi connectivity index (χ1n) is 6.61. The predicted molar refractivity (Wildman–Crippen MR) is 79.7 cm³/mol. The second-order valence-electron chi connectivity index (χ2n) is 5.00. The van der Waals surface area contributed by atoms with Crippen molar-refractivity contribution in [2.75, 3.05) is 11.9 Å². The first kappa shape index (κ1) is 12.2. The van der Waals surface area contributed by atoms with Crippen LogP contribution < -0.4 is 5.32 Å². The van der Waals surface area contributed by atoms with Crippen LogP contribution >= 0.6 is 22.9 Å². The lowest BCUT2D eigenvalue weighted by Gasteiger charge is -2.08. The Kier molecular flexibility index (Phi) is 3.71. The molecular formula is C14H17ClN2S. The van der Waals surface area contributed by atoms with Crippen molar-refractivity contribution >= 4 is 38.3 Å². The summed E-state index contributed by atoms with van der Waals surface area (Å²) >= 11 is 7.66. The number of nitrogens with zero attached hydrogens (tertiary/aromatic N) is 1. The van der Waals surface area contributed by atoms with Gasteiger partial charge in [-0.25, -0.2) is 4.98 Å². The predicted octanol–water partition coefficient (Wildman–Crippen LogP) is 4.94. The van der Waals surface area contributed by atoms with Crippen LogP contribution in [0.25, 0.3) is 10.2 Å². The molecule has 1 aliphatic carbocycles. The molecule has 2 aromatic rings. The van der Waals surface area contributed by atoms with Crippen LogP contribution in [0.1, 0.15) is 32.1 Å². The summed E-state index contributed by atoms with van der Waals surface area (Å²) in [5, 5.41) is 5.24. The summed E-state index contributed by atoms with van der Waals surface area (Å²) < 4.78 is 1.16. The normalized spacial score (nSPS) is 16.5. The van der Waals surface area contributed by atoms with Crippen LogP contribution in [-0.2, 0) is 0 Å².